The topological polar surface area (TPSA) is 122 Å². The SMILES string of the molecule is NCC(=O)NC1Cc2cccc(C(=O)O)c2OB1O. The second-order valence-corrected chi connectivity index (χ2v) is 4.19. The first kappa shape index (κ1) is 13.4. The standard InChI is InChI=1S/C11H13BN2O5/c13-5-9(15)14-8-4-6-2-1-3-7(11(16)17)10(6)19-12(8)18/h1-3,8,18H,4-5,13H2,(H,14,15)(H,16,17). The molecule has 2 rings (SSSR count). The van der Waals surface area contributed by atoms with Gasteiger partial charge in [-0.3, -0.25) is 4.79 Å². The first-order chi connectivity index (χ1) is 9.02. The number of amides is 1. The number of aromatic carboxylic acids is 1. The van der Waals surface area contributed by atoms with E-state index in [1.807, 2.05) is 0 Å². The molecular weight excluding hydrogens is 251 g/mol. The van der Waals surface area contributed by atoms with Gasteiger partial charge < -0.3 is 25.8 Å². The van der Waals surface area contributed by atoms with Gasteiger partial charge in [0, 0.05) is 0 Å². The van der Waals surface area contributed by atoms with Crippen molar-refractivity contribution in [1.29, 1.82) is 0 Å². The van der Waals surface area contributed by atoms with Crippen molar-refractivity contribution in [3.8, 4) is 5.75 Å². The maximum atomic E-state index is 11.2. The number of benzene rings is 1. The number of carbonyl (C=O) groups excluding carboxylic acids is 1. The van der Waals surface area contributed by atoms with Gasteiger partial charge in [-0.05, 0) is 18.1 Å². The van der Waals surface area contributed by atoms with Gasteiger partial charge >= 0.3 is 13.1 Å². The summed E-state index contributed by atoms with van der Waals surface area (Å²) in [5.41, 5.74) is 5.79. The van der Waals surface area contributed by atoms with E-state index in [2.05, 4.69) is 5.32 Å². The Hall–Kier alpha value is -2.06. The van der Waals surface area contributed by atoms with Crippen molar-refractivity contribution in [1.82, 2.24) is 5.32 Å². The van der Waals surface area contributed by atoms with Crippen LogP contribution in [0.5, 0.6) is 5.75 Å². The highest BCUT2D eigenvalue weighted by Gasteiger charge is 2.37. The van der Waals surface area contributed by atoms with Crippen molar-refractivity contribution in [2.24, 2.45) is 5.73 Å². The van der Waals surface area contributed by atoms with Crippen LogP contribution in [0.15, 0.2) is 18.2 Å². The molecular formula is C11H13BN2O5. The van der Waals surface area contributed by atoms with Crippen molar-refractivity contribution in [3.63, 3.8) is 0 Å². The van der Waals surface area contributed by atoms with Crippen molar-refractivity contribution < 1.29 is 24.4 Å². The van der Waals surface area contributed by atoms with Crippen molar-refractivity contribution in [2.75, 3.05) is 6.54 Å². The molecule has 0 aromatic heterocycles. The molecule has 0 bridgehead atoms. The molecule has 1 aliphatic heterocycles. The highest BCUT2D eigenvalue weighted by molar-refractivity contribution is 6.47. The Balaban J connectivity index is 2.26. The lowest BCUT2D eigenvalue weighted by atomic mass is 9.72. The molecule has 0 saturated heterocycles. The van der Waals surface area contributed by atoms with Gasteiger partial charge in [0.1, 0.15) is 5.75 Å². The molecule has 0 fully saturated rings. The first-order valence-corrected chi connectivity index (χ1v) is 5.72. The van der Waals surface area contributed by atoms with Gasteiger partial charge in [0.2, 0.25) is 5.91 Å². The van der Waals surface area contributed by atoms with Crippen LogP contribution in [-0.4, -0.2) is 41.6 Å². The molecule has 0 saturated carbocycles. The highest BCUT2D eigenvalue weighted by Crippen LogP contribution is 2.29. The van der Waals surface area contributed by atoms with E-state index < -0.39 is 24.9 Å². The van der Waals surface area contributed by atoms with Gasteiger partial charge in [-0.2, -0.15) is 0 Å². The Kier molecular flexibility index (Phi) is 3.73. The number of carbonyl (C=O) groups is 2. The van der Waals surface area contributed by atoms with E-state index in [0.29, 0.717) is 5.56 Å². The first-order valence-electron chi connectivity index (χ1n) is 5.72. The fourth-order valence-electron chi connectivity index (χ4n) is 1.98. The molecule has 100 valence electrons. The van der Waals surface area contributed by atoms with Crippen LogP contribution in [0.2, 0.25) is 0 Å². The van der Waals surface area contributed by atoms with Crippen LogP contribution in [0.3, 0.4) is 0 Å². The lowest BCUT2D eigenvalue weighted by Gasteiger charge is -2.28. The summed E-state index contributed by atoms with van der Waals surface area (Å²) in [7, 11) is -1.30. The minimum atomic E-state index is -1.30. The van der Waals surface area contributed by atoms with Crippen LogP contribution in [0.4, 0.5) is 0 Å². The third-order valence-electron chi connectivity index (χ3n) is 2.88. The smallest absolute Gasteiger partial charge is 0.534 e. The lowest BCUT2D eigenvalue weighted by molar-refractivity contribution is -0.120. The van der Waals surface area contributed by atoms with Gasteiger partial charge in [-0.15, -0.1) is 0 Å². The van der Waals surface area contributed by atoms with Crippen LogP contribution >= 0.6 is 0 Å². The van der Waals surface area contributed by atoms with Crippen LogP contribution < -0.4 is 15.7 Å². The molecule has 1 atom stereocenters. The maximum Gasteiger partial charge on any atom is 0.547 e. The van der Waals surface area contributed by atoms with Crippen LogP contribution in [0.25, 0.3) is 0 Å². The molecule has 1 aliphatic rings. The van der Waals surface area contributed by atoms with Crippen molar-refractivity contribution >= 4 is 19.0 Å². The van der Waals surface area contributed by atoms with E-state index in [0.717, 1.165) is 0 Å². The van der Waals surface area contributed by atoms with Crippen molar-refractivity contribution in [2.45, 2.75) is 12.4 Å². The summed E-state index contributed by atoms with van der Waals surface area (Å²) in [5, 5.41) is 21.3. The molecule has 7 nitrogen and oxygen atoms in total. The van der Waals surface area contributed by atoms with E-state index in [9.17, 15) is 14.6 Å². The number of hydrogen-bond acceptors (Lipinski definition) is 5. The minimum Gasteiger partial charge on any atom is -0.534 e. The molecule has 0 radical (unpaired) electrons. The molecule has 1 aromatic rings. The number of nitrogens with two attached hydrogens (primary N) is 1. The maximum absolute atomic E-state index is 11.2. The zero-order chi connectivity index (χ0) is 14.0. The lowest BCUT2D eigenvalue weighted by Crippen LogP contribution is -2.54. The zero-order valence-electron chi connectivity index (χ0n) is 10.00. The summed E-state index contributed by atoms with van der Waals surface area (Å²) in [6, 6.07) is 4.67. The largest absolute Gasteiger partial charge is 0.547 e. The van der Waals surface area contributed by atoms with Gasteiger partial charge in [0.25, 0.3) is 0 Å². The zero-order valence-corrected chi connectivity index (χ0v) is 10.00. The number of para-hydroxylation sites is 1. The average molecular weight is 264 g/mol. The number of rotatable bonds is 3. The monoisotopic (exact) mass is 264 g/mol. The Bertz CT molecular complexity index is 522. The molecule has 19 heavy (non-hydrogen) atoms. The normalized spacial score (nSPS) is 17.4. The quantitative estimate of drug-likeness (QED) is 0.508. The summed E-state index contributed by atoms with van der Waals surface area (Å²) >= 11 is 0. The Morgan fingerprint density at radius 2 is 2.26 bits per heavy atom. The van der Waals surface area contributed by atoms with Crippen LogP contribution in [0, 0.1) is 0 Å². The Labute approximate surface area is 109 Å². The van der Waals surface area contributed by atoms with E-state index in [-0.39, 0.29) is 24.3 Å². The molecule has 0 aliphatic carbocycles. The summed E-state index contributed by atoms with van der Waals surface area (Å²) < 4.78 is 5.20. The van der Waals surface area contributed by atoms with Gasteiger partial charge in [-0.25, -0.2) is 4.79 Å². The molecule has 0 spiro atoms. The third kappa shape index (κ3) is 2.69. The summed E-state index contributed by atoms with van der Waals surface area (Å²) in [4.78, 5) is 22.3. The molecule has 1 amide bonds. The van der Waals surface area contributed by atoms with Crippen LogP contribution in [-0.2, 0) is 11.2 Å². The number of hydrogen-bond donors (Lipinski definition) is 4. The van der Waals surface area contributed by atoms with E-state index in [4.69, 9.17) is 15.5 Å². The summed E-state index contributed by atoms with van der Waals surface area (Å²) in [6.45, 7) is -0.189. The molecule has 1 aromatic carbocycles. The highest BCUT2D eigenvalue weighted by atomic mass is 16.5. The predicted octanol–water partition coefficient (Wildman–Crippen LogP) is -1.22. The number of nitrogens with one attached hydrogen (secondary N) is 1. The Morgan fingerprint density at radius 3 is 2.89 bits per heavy atom. The molecule has 5 N–H and O–H groups in total. The number of carboxylic acids is 1. The Morgan fingerprint density at radius 1 is 1.53 bits per heavy atom. The molecule has 8 heteroatoms. The van der Waals surface area contributed by atoms with E-state index >= 15 is 0 Å². The number of carboxylic acid groups (broad SMARTS) is 1. The van der Waals surface area contributed by atoms with Crippen molar-refractivity contribution in [3.05, 3.63) is 29.3 Å². The van der Waals surface area contributed by atoms with E-state index in [1.165, 1.54) is 6.07 Å². The van der Waals surface area contributed by atoms with Crippen LogP contribution in [0.1, 0.15) is 15.9 Å². The van der Waals surface area contributed by atoms with Gasteiger partial charge in [-0.1, -0.05) is 12.1 Å². The second-order valence-electron chi connectivity index (χ2n) is 4.19. The summed E-state index contributed by atoms with van der Waals surface area (Å²) in [6.07, 6.45) is 0.281. The van der Waals surface area contributed by atoms with Gasteiger partial charge in [0.05, 0.1) is 18.0 Å². The summed E-state index contributed by atoms with van der Waals surface area (Å²) in [5.74, 6) is -2.05. The van der Waals surface area contributed by atoms with E-state index in [1.54, 1.807) is 12.1 Å². The number of fused-ring (bicyclic) bond motifs is 1. The minimum absolute atomic E-state index is 0.0137. The fraction of sp³-hybridized carbons (Fsp3) is 0.273. The fourth-order valence-corrected chi connectivity index (χ4v) is 1.98. The van der Waals surface area contributed by atoms with Gasteiger partial charge in [0.15, 0.2) is 0 Å². The average Bonchev–Trinajstić information content (AvgIpc) is 2.38. The second kappa shape index (κ2) is 5.29. The predicted molar refractivity (Wildman–Crippen MR) is 66.7 cm³/mol. The molecule has 1 heterocycles. The third-order valence-corrected chi connectivity index (χ3v) is 2.88. The molecule has 1 unspecified atom stereocenters.